The van der Waals surface area contributed by atoms with Gasteiger partial charge in [-0.05, 0) is 67.2 Å². The molecule has 0 aliphatic heterocycles. The number of hydrogen-bond acceptors (Lipinski definition) is 5. The second-order valence-electron chi connectivity index (χ2n) is 10.7. The molecule has 3 atom stereocenters. The van der Waals surface area contributed by atoms with Crippen molar-refractivity contribution in [2.24, 2.45) is 11.8 Å². The van der Waals surface area contributed by atoms with Crippen molar-refractivity contribution < 1.29 is 23.9 Å². The fraction of sp³-hybridized carbons (Fsp3) is 0.800. The van der Waals surface area contributed by atoms with Crippen molar-refractivity contribution in [3.63, 3.8) is 0 Å². The summed E-state index contributed by atoms with van der Waals surface area (Å²) in [5.41, 5.74) is -1.14. The van der Waals surface area contributed by atoms with Gasteiger partial charge in [0.1, 0.15) is 11.6 Å². The molecular weight excluding hydrogens is 422 g/mol. The van der Waals surface area contributed by atoms with Crippen LogP contribution in [0.5, 0.6) is 0 Å². The van der Waals surface area contributed by atoms with E-state index in [1.165, 1.54) is 0 Å². The second kappa shape index (κ2) is 14.2. The lowest BCUT2D eigenvalue weighted by molar-refractivity contribution is -0.131. The van der Waals surface area contributed by atoms with Gasteiger partial charge >= 0.3 is 6.09 Å². The molecule has 0 saturated heterocycles. The highest BCUT2D eigenvalue weighted by atomic mass is 16.6. The third kappa shape index (κ3) is 15.4. The zero-order chi connectivity index (χ0) is 25.8. The normalized spacial score (nSPS) is 15.1. The lowest BCUT2D eigenvalue weighted by Crippen LogP contribution is -2.55. The smallest absolute Gasteiger partial charge is 0.408 e. The number of nitrogens with one attached hydrogen (secondary N) is 3. The Hall–Kier alpha value is -2.09. The SMILES string of the molecule is CC(C)C(C)C(=O)NCCC=CCCNC(=O)[C@@H](NC(=O)OC(C)(C)C)C(C)OC(C)(C)C. The van der Waals surface area contributed by atoms with Gasteiger partial charge in [0.15, 0.2) is 0 Å². The van der Waals surface area contributed by atoms with E-state index < -0.39 is 29.4 Å². The van der Waals surface area contributed by atoms with E-state index in [1.54, 1.807) is 27.7 Å². The maximum absolute atomic E-state index is 12.8. The van der Waals surface area contributed by atoms with Gasteiger partial charge in [-0.15, -0.1) is 0 Å². The minimum atomic E-state index is -0.888. The molecule has 3 amide bonds. The Morgan fingerprint density at radius 3 is 1.70 bits per heavy atom. The largest absolute Gasteiger partial charge is 0.444 e. The average molecular weight is 470 g/mol. The summed E-state index contributed by atoms with van der Waals surface area (Å²) in [6.45, 7) is 19.7. The Bertz CT molecular complexity index is 647. The molecule has 0 fully saturated rings. The quantitative estimate of drug-likeness (QED) is 0.296. The van der Waals surface area contributed by atoms with Crippen LogP contribution in [0.3, 0.4) is 0 Å². The van der Waals surface area contributed by atoms with Gasteiger partial charge in [-0.25, -0.2) is 4.79 Å². The van der Waals surface area contributed by atoms with Crippen LogP contribution < -0.4 is 16.0 Å². The standard InChI is InChI=1S/C25H47N3O5/c1-17(2)18(3)21(29)26-15-13-11-12-14-16-27-22(30)20(19(4)32-24(5,6)7)28-23(31)33-25(8,9)10/h11-12,17-20H,13-16H2,1-10H3,(H,26,29)(H,27,30)(H,28,31)/t18?,19?,20-/m0/s1. The van der Waals surface area contributed by atoms with Crippen molar-refractivity contribution in [1.82, 2.24) is 16.0 Å². The highest BCUT2D eigenvalue weighted by Crippen LogP contribution is 2.14. The van der Waals surface area contributed by atoms with Crippen LogP contribution >= 0.6 is 0 Å². The Labute approximate surface area is 200 Å². The summed E-state index contributed by atoms with van der Waals surface area (Å²) in [4.78, 5) is 36.9. The van der Waals surface area contributed by atoms with Crippen molar-refractivity contribution in [1.29, 1.82) is 0 Å². The molecule has 0 heterocycles. The van der Waals surface area contributed by atoms with Crippen molar-refractivity contribution in [3.8, 4) is 0 Å². The first-order valence-electron chi connectivity index (χ1n) is 11.9. The van der Waals surface area contributed by atoms with E-state index in [9.17, 15) is 14.4 Å². The number of carbonyl (C=O) groups excluding carboxylic acids is 3. The summed E-state index contributed by atoms with van der Waals surface area (Å²) < 4.78 is 11.2. The molecule has 0 aromatic heterocycles. The van der Waals surface area contributed by atoms with Gasteiger partial charge in [-0.2, -0.15) is 0 Å². The van der Waals surface area contributed by atoms with E-state index in [-0.39, 0.29) is 17.7 Å². The predicted molar refractivity (Wildman–Crippen MR) is 132 cm³/mol. The van der Waals surface area contributed by atoms with Gasteiger partial charge in [0.25, 0.3) is 0 Å². The third-order valence-corrected chi connectivity index (χ3v) is 4.76. The summed E-state index contributed by atoms with van der Waals surface area (Å²) in [7, 11) is 0. The second-order valence-corrected chi connectivity index (χ2v) is 10.7. The topological polar surface area (TPSA) is 106 Å². The van der Waals surface area contributed by atoms with E-state index in [4.69, 9.17) is 9.47 Å². The maximum atomic E-state index is 12.8. The molecule has 0 bridgehead atoms. The van der Waals surface area contributed by atoms with E-state index in [0.717, 1.165) is 6.42 Å². The molecule has 0 spiro atoms. The van der Waals surface area contributed by atoms with Gasteiger partial charge in [0.2, 0.25) is 11.8 Å². The molecule has 8 nitrogen and oxygen atoms in total. The first-order chi connectivity index (χ1) is 15.0. The number of hydrogen-bond donors (Lipinski definition) is 3. The van der Waals surface area contributed by atoms with Crippen LogP contribution in [0.25, 0.3) is 0 Å². The van der Waals surface area contributed by atoms with Gasteiger partial charge in [0.05, 0.1) is 11.7 Å². The molecule has 2 unspecified atom stereocenters. The molecular formula is C25H47N3O5. The predicted octanol–water partition coefficient (Wildman–Crippen LogP) is 3.94. The molecule has 0 aliphatic carbocycles. The molecule has 0 aliphatic rings. The zero-order valence-corrected chi connectivity index (χ0v) is 22.3. The van der Waals surface area contributed by atoms with Gasteiger partial charge in [-0.1, -0.05) is 32.9 Å². The third-order valence-electron chi connectivity index (χ3n) is 4.76. The first kappa shape index (κ1) is 30.9. The number of carbonyl (C=O) groups is 3. The van der Waals surface area contributed by atoms with Crippen molar-refractivity contribution in [2.45, 2.75) is 105 Å². The van der Waals surface area contributed by atoms with Crippen LogP contribution in [-0.4, -0.2) is 54.3 Å². The van der Waals surface area contributed by atoms with Crippen LogP contribution in [0.2, 0.25) is 0 Å². The molecule has 8 heteroatoms. The minimum absolute atomic E-state index is 0.00363. The van der Waals surface area contributed by atoms with Crippen LogP contribution in [0, 0.1) is 11.8 Å². The van der Waals surface area contributed by atoms with Crippen LogP contribution in [0.1, 0.15) is 82.1 Å². The number of amides is 3. The Balaban J connectivity index is 4.61. The van der Waals surface area contributed by atoms with E-state index in [1.807, 2.05) is 53.7 Å². The summed E-state index contributed by atoms with van der Waals surface area (Å²) in [5, 5.41) is 8.41. The number of rotatable bonds is 12. The monoisotopic (exact) mass is 469 g/mol. The lowest BCUT2D eigenvalue weighted by Gasteiger charge is -2.31. The first-order valence-corrected chi connectivity index (χ1v) is 11.9. The number of ether oxygens (including phenoxy) is 2. The van der Waals surface area contributed by atoms with E-state index >= 15 is 0 Å². The zero-order valence-electron chi connectivity index (χ0n) is 22.3. The molecule has 0 radical (unpaired) electrons. The summed E-state index contributed by atoms with van der Waals surface area (Å²) >= 11 is 0. The Morgan fingerprint density at radius 2 is 1.27 bits per heavy atom. The Kier molecular flexibility index (Phi) is 13.3. The average Bonchev–Trinajstić information content (AvgIpc) is 2.64. The van der Waals surface area contributed by atoms with Crippen LogP contribution in [-0.2, 0) is 19.1 Å². The molecule has 0 rings (SSSR count). The van der Waals surface area contributed by atoms with Crippen molar-refractivity contribution >= 4 is 17.9 Å². The summed E-state index contributed by atoms with van der Waals surface area (Å²) in [6.07, 6.45) is 4.09. The summed E-state index contributed by atoms with van der Waals surface area (Å²) in [5.74, 6) is 0.0483. The fourth-order valence-corrected chi connectivity index (χ4v) is 2.82. The van der Waals surface area contributed by atoms with E-state index in [0.29, 0.717) is 25.4 Å². The van der Waals surface area contributed by atoms with Crippen LogP contribution in [0.15, 0.2) is 12.2 Å². The van der Waals surface area contributed by atoms with E-state index in [2.05, 4.69) is 16.0 Å². The minimum Gasteiger partial charge on any atom is -0.444 e. The van der Waals surface area contributed by atoms with Gasteiger partial charge < -0.3 is 25.4 Å². The Morgan fingerprint density at radius 1 is 0.788 bits per heavy atom. The van der Waals surface area contributed by atoms with Crippen molar-refractivity contribution in [2.75, 3.05) is 13.1 Å². The molecule has 33 heavy (non-hydrogen) atoms. The fourth-order valence-electron chi connectivity index (χ4n) is 2.82. The molecule has 3 N–H and O–H groups in total. The maximum Gasteiger partial charge on any atom is 0.408 e. The summed E-state index contributed by atoms with van der Waals surface area (Å²) in [6, 6.07) is -0.888. The highest BCUT2D eigenvalue weighted by molar-refractivity contribution is 5.86. The molecule has 0 saturated carbocycles. The number of alkyl carbamates (subject to hydrolysis) is 1. The molecule has 0 aromatic carbocycles. The highest BCUT2D eigenvalue weighted by Gasteiger charge is 2.32. The molecule has 192 valence electrons. The van der Waals surface area contributed by atoms with Crippen molar-refractivity contribution in [3.05, 3.63) is 12.2 Å². The van der Waals surface area contributed by atoms with Crippen LogP contribution in [0.4, 0.5) is 4.79 Å². The van der Waals surface area contributed by atoms with Gasteiger partial charge in [0, 0.05) is 19.0 Å². The van der Waals surface area contributed by atoms with Gasteiger partial charge in [-0.3, -0.25) is 9.59 Å². The molecule has 0 aromatic rings. The lowest BCUT2D eigenvalue weighted by atomic mass is 9.97.